The molecule has 3 nitrogen and oxygen atoms in total. The fourth-order valence-electron chi connectivity index (χ4n) is 4.07. The molecule has 3 heteroatoms. The van der Waals surface area contributed by atoms with E-state index >= 15 is 0 Å². The quantitative estimate of drug-likeness (QED) is 0.589. The average Bonchev–Trinajstić information content (AvgIpc) is 2.56. The molecular weight excluding hydrogens is 204 g/mol. The maximum absolute atomic E-state index is 12.0. The number of carbonyl (C=O) groups excluding carboxylic acids is 2. The van der Waals surface area contributed by atoms with Crippen LogP contribution in [0.15, 0.2) is 0 Å². The van der Waals surface area contributed by atoms with E-state index in [4.69, 9.17) is 4.74 Å². The predicted molar refractivity (Wildman–Crippen MR) is 57.7 cm³/mol. The summed E-state index contributed by atoms with van der Waals surface area (Å²) in [5.41, 5.74) is -0.106. The zero-order valence-corrected chi connectivity index (χ0v) is 9.70. The summed E-state index contributed by atoms with van der Waals surface area (Å²) in [5.74, 6) is 1.30. The summed E-state index contributed by atoms with van der Waals surface area (Å²) in [6.07, 6.45) is 5.11. The van der Waals surface area contributed by atoms with Crippen molar-refractivity contribution >= 4 is 11.8 Å². The molecule has 0 radical (unpaired) electrons. The highest BCUT2D eigenvalue weighted by Crippen LogP contribution is 2.55. The first-order valence-electron chi connectivity index (χ1n) is 6.34. The van der Waals surface area contributed by atoms with E-state index in [0.29, 0.717) is 24.0 Å². The van der Waals surface area contributed by atoms with Crippen molar-refractivity contribution in [2.24, 2.45) is 17.3 Å². The highest BCUT2D eigenvalue weighted by Gasteiger charge is 2.55. The van der Waals surface area contributed by atoms with Crippen molar-refractivity contribution in [2.45, 2.75) is 51.6 Å². The first-order valence-corrected chi connectivity index (χ1v) is 6.34. The van der Waals surface area contributed by atoms with Crippen LogP contribution in [0.5, 0.6) is 0 Å². The van der Waals surface area contributed by atoms with E-state index in [2.05, 4.69) is 6.92 Å². The monoisotopic (exact) mass is 222 g/mol. The highest BCUT2D eigenvalue weighted by atomic mass is 16.5. The van der Waals surface area contributed by atoms with Crippen LogP contribution in [-0.4, -0.2) is 17.9 Å². The maximum atomic E-state index is 12.0. The number of ether oxygens (including phenoxy) is 1. The lowest BCUT2D eigenvalue weighted by molar-refractivity contribution is -0.168. The van der Waals surface area contributed by atoms with Gasteiger partial charge in [0.15, 0.2) is 0 Å². The molecule has 3 aliphatic rings. The smallest absolute Gasteiger partial charge is 0.306 e. The second kappa shape index (κ2) is 3.31. The molecule has 3 rings (SSSR count). The van der Waals surface area contributed by atoms with Crippen LogP contribution in [0.25, 0.3) is 0 Å². The van der Waals surface area contributed by atoms with E-state index in [9.17, 15) is 9.59 Å². The van der Waals surface area contributed by atoms with Gasteiger partial charge < -0.3 is 4.74 Å². The number of hydrogen-bond acceptors (Lipinski definition) is 3. The van der Waals surface area contributed by atoms with Gasteiger partial charge in [-0.15, -0.1) is 0 Å². The zero-order chi connectivity index (χ0) is 11.3. The SMILES string of the molecule is C[C@@]12CC[C@@H]3OC(=O)CC[C@H]3[C@@H]1CCC2=O. The lowest BCUT2D eigenvalue weighted by Crippen LogP contribution is -2.47. The van der Waals surface area contributed by atoms with Gasteiger partial charge in [-0.25, -0.2) is 0 Å². The summed E-state index contributed by atoms with van der Waals surface area (Å²) < 4.78 is 5.43. The first-order chi connectivity index (χ1) is 7.61. The lowest BCUT2D eigenvalue weighted by Gasteiger charge is -2.46. The number of ketones is 1. The Kier molecular flexibility index (Phi) is 2.13. The highest BCUT2D eigenvalue weighted by molar-refractivity contribution is 5.87. The zero-order valence-electron chi connectivity index (χ0n) is 9.70. The average molecular weight is 222 g/mol. The molecule has 2 aliphatic carbocycles. The van der Waals surface area contributed by atoms with Gasteiger partial charge in [0.05, 0.1) is 0 Å². The van der Waals surface area contributed by atoms with E-state index in [-0.39, 0.29) is 17.5 Å². The van der Waals surface area contributed by atoms with Crippen molar-refractivity contribution in [3.05, 3.63) is 0 Å². The van der Waals surface area contributed by atoms with Crippen molar-refractivity contribution in [2.75, 3.05) is 0 Å². The molecule has 0 N–H and O–H groups in total. The molecule has 4 atom stereocenters. The van der Waals surface area contributed by atoms with Gasteiger partial charge in [0.1, 0.15) is 11.9 Å². The van der Waals surface area contributed by atoms with Gasteiger partial charge in [-0.2, -0.15) is 0 Å². The Hall–Kier alpha value is -0.860. The molecule has 0 amide bonds. The Morgan fingerprint density at radius 2 is 2.00 bits per heavy atom. The van der Waals surface area contributed by atoms with Gasteiger partial charge in [0.2, 0.25) is 0 Å². The summed E-state index contributed by atoms with van der Waals surface area (Å²) in [7, 11) is 0. The first kappa shape index (κ1) is 10.3. The summed E-state index contributed by atoms with van der Waals surface area (Å²) >= 11 is 0. The number of Topliss-reactive ketones (excluding diaryl/α,β-unsaturated/α-hetero) is 1. The summed E-state index contributed by atoms with van der Waals surface area (Å²) in [4.78, 5) is 23.2. The van der Waals surface area contributed by atoms with E-state index in [1.54, 1.807) is 0 Å². The third-order valence-corrected chi connectivity index (χ3v) is 5.04. The van der Waals surface area contributed by atoms with E-state index in [1.807, 2.05) is 0 Å². The van der Waals surface area contributed by atoms with Crippen LogP contribution in [0.4, 0.5) is 0 Å². The Labute approximate surface area is 95.5 Å². The summed E-state index contributed by atoms with van der Waals surface area (Å²) in [6, 6.07) is 0. The number of fused-ring (bicyclic) bond motifs is 3. The Balaban J connectivity index is 1.87. The van der Waals surface area contributed by atoms with Crippen molar-refractivity contribution in [1.82, 2.24) is 0 Å². The largest absolute Gasteiger partial charge is 0.462 e. The lowest BCUT2D eigenvalue weighted by atomic mass is 9.61. The van der Waals surface area contributed by atoms with Gasteiger partial charge >= 0.3 is 5.97 Å². The van der Waals surface area contributed by atoms with Crippen molar-refractivity contribution < 1.29 is 14.3 Å². The molecular formula is C13H18O3. The molecule has 1 heterocycles. The fraction of sp³-hybridized carbons (Fsp3) is 0.846. The third kappa shape index (κ3) is 1.26. The molecule has 0 bridgehead atoms. The molecule has 1 saturated heterocycles. The molecule has 16 heavy (non-hydrogen) atoms. The van der Waals surface area contributed by atoms with Crippen LogP contribution >= 0.6 is 0 Å². The normalized spacial score (nSPS) is 47.2. The van der Waals surface area contributed by atoms with Crippen LogP contribution in [0.2, 0.25) is 0 Å². The minimum absolute atomic E-state index is 0.0471. The minimum atomic E-state index is -0.106. The van der Waals surface area contributed by atoms with Crippen LogP contribution in [-0.2, 0) is 14.3 Å². The Bertz CT molecular complexity index is 349. The fourth-order valence-corrected chi connectivity index (χ4v) is 4.07. The van der Waals surface area contributed by atoms with Gasteiger partial charge in [-0.1, -0.05) is 6.92 Å². The van der Waals surface area contributed by atoms with Crippen LogP contribution in [0.3, 0.4) is 0 Å². The van der Waals surface area contributed by atoms with E-state index in [0.717, 1.165) is 32.1 Å². The maximum Gasteiger partial charge on any atom is 0.306 e. The van der Waals surface area contributed by atoms with Gasteiger partial charge in [-0.05, 0) is 31.6 Å². The van der Waals surface area contributed by atoms with Crippen LogP contribution in [0.1, 0.15) is 45.4 Å². The standard InChI is InChI=1S/C13H18O3/c1-13-7-6-10-8(2-5-12(15)16-10)9(13)3-4-11(13)14/h8-10H,2-7H2,1H3/t8-,9-,10-,13+/m0/s1. The molecule has 0 unspecified atom stereocenters. The predicted octanol–water partition coefficient (Wildman–Crippen LogP) is 2.09. The van der Waals surface area contributed by atoms with E-state index in [1.165, 1.54) is 0 Å². The molecule has 0 aromatic carbocycles. The molecule has 3 fully saturated rings. The van der Waals surface area contributed by atoms with Crippen LogP contribution in [0, 0.1) is 17.3 Å². The number of rotatable bonds is 0. The topological polar surface area (TPSA) is 43.4 Å². The number of carbonyl (C=O) groups is 2. The van der Waals surface area contributed by atoms with Gasteiger partial charge in [0.25, 0.3) is 0 Å². The molecule has 2 saturated carbocycles. The molecule has 0 aromatic rings. The third-order valence-electron chi connectivity index (χ3n) is 5.04. The second-order valence-corrected chi connectivity index (χ2v) is 5.76. The molecule has 0 spiro atoms. The Morgan fingerprint density at radius 1 is 1.19 bits per heavy atom. The van der Waals surface area contributed by atoms with E-state index < -0.39 is 0 Å². The van der Waals surface area contributed by atoms with Crippen molar-refractivity contribution in [1.29, 1.82) is 0 Å². The molecule has 0 aromatic heterocycles. The number of hydrogen-bond donors (Lipinski definition) is 0. The van der Waals surface area contributed by atoms with Crippen LogP contribution < -0.4 is 0 Å². The Morgan fingerprint density at radius 3 is 2.81 bits per heavy atom. The number of esters is 1. The van der Waals surface area contributed by atoms with Crippen molar-refractivity contribution in [3.63, 3.8) is 0 Å². The molecule has 1 aliphatic heterocycles. The minimum Gasteiger partial charge on any atom is -0.462 e. The van der Waals surface area contributed by atoms with Gasteiger partial charge in [0, 0.05) is 24.2 Å². The summed E-state index contributed by atoms with van der Waals surface area (Å²) in [5, 5.41) is 0. The molecule has 88 valence electrons. The van der Waals surface area contributed by atoms with Gasteiger partial charge in [-0.3, -0.25) is 9.59 Å². The summed E-state index contributed by atoms with van der Waals surface area (Å²) in [6.45, 7) is 2.12. The second-order valence-electron chi connectivity index (χ2n) is 5.76. The van der Waals surface area contributed by atoms with Crippen molar-refractivity contribution in [3.8, 4) is 0 Å².